The van der Waals surface area contributed by atoms with Crippen molar-refractivity contribution in [3.05, 3.63) is 85.1 Å². The molecule has 0 bridgehead atoms. The summed E-state index contributed by atoms with van der Waals surface area (Å²) in [5.74, 6) is -0.946. The third kappa shape index (κ3) is 51.6. The van der Waals surface area contributed by atoms with Gasteiger partial charge in [-0.25, -0.2) is 0 Å². The molecule has 1 atom stereocenters. The zero-order valence-electron chi connectivity index (χ0n) is 43.2. The number of ether oxygens (including phenoxy) is 3. The Morgan fingerprint density at radius 1 is 0.303 bits per heavy atom. The van der Waals surface area contributed by atoms with Gasteiger partial charge in [-0.2, -0.15) is 0 Å². The van der Waals surface area contributed by atoms with Crippen LogP contribution < -0.4 is 0 Å². The average Bonchev–Trinajstić information content (AvgIpc) is 3.31. The smallest absolute Gasteiger partial charge is 0.306 e. The van der Waals surface area contributed by atoms with Crippen LogP contribution >= 0.6 is 0 Å². The molecule has 0 radical (unpaired) electrons. The number of allylic oxidation sites excluding steroid dienone is 14. The van der Waals surface area contributed by atoms with Crippen LogP contribution in [0.1, 0.15) is 258 Å². The number of hydrogen-bond donors (Lipinski definition) is 0. The second kappa shape index (κ2) is 54.2. The first-order valence-electron chi connectivity index (χ1n) is 27.6. The molecular formula is C60H102O6. The molecule has 0 aliphatic carbocycles. The van der Waals surface area contributed by atoms with Crippen LogP contribution in [0.5, 0.6) is 0 Å². The molecule has 0 heterocycles. The van der Waals surface area contributed by atoms with Crippen LogP contribution in [-0.2, 0) is 28.6 Å². The monoisotopic (exact) mass is 919 g/mol. The fourth-order valence-electron chi connectivity index (χ4n) is 7.43. The largest absolute Gasteiger partial charge is 0.462 e. The minimum absolute atomic E-state index is 0.0948. The SMILES string of the molecule is CCCCC/C=C\C/C=C\C/C=C\C/C=C\CCCCCC(=O)OC[C@H](COC(=O)CCCCCCCCCCCCCC)OC(=O)CCCCCC/C=C\C/C=C\C/C=C\CCCCC. The Bertz CT molecular complexity index is 1290. The maximum absolute atomic E-state index is 12.8. The van der Waals surface area contributed by atoms with Crippen molar-refractivity contribution in [1.82, 2.24) is 0 Å². The lowest BCUT2D eigenvalue weighted by atomic mass is 10.0. The Balaban J connectivity index is 4.47. The molecule has 0 saturated heterocycles. The van der Waals surface area contributed by atoms with Gasteiger partial charge in [0.25, 0.3) is 0 Å². The second-order valence-electron chi connectivity index (χ2n) is 18.1. The zero-order valence-corrected chi connectivity index (χ0v) is 43.2. The summed E-state index contributed by atoms with van der Waals surface area (Å²) >= 11 is 0. The Kier molecular flexibility index (Phi) is 51.4. The summed E-state index contributed by atoms with van der Waals surface area (Å²) in [6.45, 7) is 6.54. The molecular weight excluding hydrogens is 817 g/mol. The number of rotatable bonds is 49. The van der Waals surface area contributed by atoms with Gasteiger partial charge in [0, 0.05) is 19.3 Å². The van der Waals surface area contributed by atoms with Gasteiger partial charge in [-0.05, 0) is 103 Å². The van der Waals surface area contributed by atoms with Crippen molar-refractivity contribution in [3.63, 3.8) is 0 Å². The third-order valence-electron chi connectivity index (χ3n) is 11.6. The van der Waals surface area contributed by atoms with E-state index in [0.717, 1.165) is 109 Å². The number of esters is 3. The lowest BCUT2D eigenvalue weighted by molar-refractivity contribution is -0.167. The zero-order chi connectivity index (χ0) is 47.9. The summed E-state index contributed by atoms with van der Waals surface area (Å²) in [4.78, 5) is 38.1. The summed E-state index contributed by atoms with van der Waals surface area (Å²) in [6, 6.07) is 0. The molecule has 0 aliphatic heterocycles. The van der Waals surface area contributed by atoms with Gasteiger partial charge in [-0.3, -0.25) is 14.4 Å². The van der Waals surface area contributed by atoms with E-state index in [1.807, 2.05) is 0 Å². The molecule has 0 aliphatic rings. The van der Waals surface area contributed by atoms with Crippen molar-refractivity contribution >= 4 is 17.9 Å². The molecule has 6 heteroatoms. The Hall–Kier alpha value is -3.41. The Labute approximate surface area is 407 Å². The average molecular weight is 919 g/mol. The summed E-state index contributed by atoms with van der Waals surface area (Å²) < 4.78 is 16.8. The van der Waals surface area contributed by atoms with Crippen molar-refractivity contribution < 1.29 is 28.6 Å². The van der Waals surface area contributed by atoms with Crippen molar-refractivity contribution in [1.29, 1.82) is 0 Å². The Morgan fingerprint density at radius 2 is 0.545 bits per heavy atom. The standard InChI is InChI=1S/C60H102O6/c1-4-7-10-13-16-19-22-25-27-29-30-32-33-35-38-41-44-47-50-53-59(62)65-56-57(55-64-58(61)52-49-46-43-40-37-24-21-18-15-12-9-6-3)66-60(63)54-51-48-45-42-39-36-34-31-28-26-23-20-17-14-11-8-5-2/h16-17,19-20,25-28,30,32,34-36,38,57H,4-15,18,21-24,29,31,33,37,39-56H2,1-3H3/b19-16-,20-17-,27-25-,28-26-,32-30-,36-34-,38-35-/t57-/m0/s1. The van der Waals surface area contributed by atoms with Crippen molar-refractivity contribution in [3.8, 4) is 0 Å². The minimum atomic E-state index is -0.800. The molecule has 0 aromatic heterocycles. The maximum Gasteiger partial charge on any atom is 0.306 e. The van der Waals surface area contributed by atoms with E-state index in [0.29, 0.717) is 19.3 Å². The fourth-order valence-corrected chi connectivity index (χ4v) is 7.43. The first kappa shape index (κ1) is 62.6. The fraction of sp³-hybridized carbons (Fsp3) is 0.717. The van der Waals surface area contributed by atoms with Crippen molar-refractivity contribution in [2.24, 2.45) is 0 Å². The van der Waals surface area contributed by atoms with Gasteiger partial charge in [-0.15, -0.1) is 0 Å². The quantitative estimate of drug-likeness (QED) is 0.0262. The van der Waals surface area contributed by atoms with E-state index in [2.05, 4.69) is 106 Å². The predicted octanol–water partition coefficient (Wildman–Crippen LogP) is 18.4. The first-order valence-corrected chi connectivity index (χ1v) is 27.6. The highest BCUT2D eigenvalue weighted by molar-refractivity contribution is 5.71. The van der Waals surface area contributed by atoms with E-state index >= 15 is 0 Å². The van der Waals surface area contributed by atoms with Crippen molar-refractivity contribution in [2.45, 2.75) is 264 Å². The molecule has 0 fully saturated rings. The van der Waals surface area contributed by atoms with E-state index in [1.165, 1.54) is 109 Å². The van der Waals surface area contributed by atoms with E-state index in [4.69, 9.17) is 14.2 Å². The molecule has 0 amide bonds. The van der Waals surface area contributed by atoms with Crippen LogP contribution in [0, 0.1) is 0 Å². The van der Waals surface area contributed by atoms with Gasteiger partial charge in [0.2, 0.25) is 0 Å². The molecule has 0 unspecified atom stereocenters. The van der Waals surface area contributed by atoms with Gasteiger partial charge >= 0.3 is 17.9 Å². The Morgan fingerprint density at radius 3 is 0.894 bits per heavy atom. The highest BCUT2D eigenvalue weighted by Crippen LogP contribution is 2.14. The number of unbranched alkanes of at least 4 members (excludes halogenated alkanes) is 24. The third-order valence-corrected chi connectivity index (χ3v) is 11.6. The summed E-state index contributed by atoms with van der Waals surface area (Å²) in [5, 5.41) is 0. The number of carbonyl (C=O) groups excluding carboxylic acids is 3. The number of hydrogen-bond acceptors (Lipinski definition) is 6. The highest BCUT2D eigenvalue weighted by atomic mass is 16.6. The minimum Gasteiger partial charge on any atom is -0.462 e. The van der Waals surface area contributed by atoms with Gasteiger partial charge < -0.3 is 14.2 Å². The highest BCUT2D eigenvalue weighted by Gasteiger charge is 2.19. The van der Waals surface area contributed by atoms with E-state index < -0.39 is 6.10 Å². The molecule has 378 valence electrons. The van der Waals surface area contributed by atoms with Crippen LogP contribution in [0.25, 0.3) is 0 Å². The first-order chi connectivity index (χ1) is 32.5. The van der Waals surface area contributed by atoms with Crippen LogP contribution in [-0.4, -0.2) is 37.2 Å². The molecule has 0 aromatic rings. The van der Waals surface area contributed by atoms with E-state index in [1.54, 1.807) is 0 Å². The summed E-state index contributed by atoms with van der Waals surface area (Å²) in [6.07, 6.45) is 69.9. The van der Waals surface area contributed by atoms with Crippen LogP contribution in [0.15, 0.2) is 85.1 Å². The van der Waals surface area contributed by atoms with Crippen LogP contribution in [0.2, 0.25) is 0 Å². The normalized spacial score (nSPS) is 12.7. The van der Waals surface area contributed by atoms with Crippen molar-refractivity contribution in [2.75, 3.05) is 13.2 Å². The molecule has 0 N–H and O–H groups in total. The lowest BCUT2D eigenvalue weighted by Gasteiger charge is -2.18. The second-order valence-corrected chi connectivity index (χ2v) is 18.1. The van der Waals surface area contributed by atoms with Gasteiger partial charge in [0.1, 0.15) is 13.2 Å². The molecule has 66 heavy (non-hydrogen) atoms. The van der Waals surface area contributed by atoms with Gasteiger partial charge in [-0.1, -0.05) is 221 Å². The van der Waals surface area contributed by atoms with Gasteiger partial charge in [0.05, 0.1) is 0 Å². The molecule has 0 spiro atoms. The van der Waals surface area contributed by atoms with E-state index in [9.17, 15) is 14.4 Å². The topological polar surface area (TPSA) is 78.9 Å². The van der Waals surface area contributed by atoms with E-state index in [-0.39, 0.29) is 31.1 Å². The predicted molar refractivity (Wildman–Crippen MR) is 284 cm³/mol. The maximum atomic E-state index is 12.8. The molecule has 0 saturated carbocycles. The molecule has 0 aromatic carbocycles. The number of carbonyl (C=O) groups is 3. The molecule has 0 rings (SSSR count). The summed E-state index contributed by atoms with van der Waals surface area (Å²) in [7, 11) is 0. The van der Waals surface area contributed by atoms with Gasteiger partial charge in [0.15, 0.2) is 6.10 Å². The lowest BCUT2D eigenvalue weighted by Crippen LogP contribution is -2.30. The molecule has 6 nitrogen and oxygen atoms in total. The van der Waals surface area contributed by atoms with Crippen LogP contribution in [0.3, 0.4) is 0 Å². The van der Waals surface area contributed by atoms with Crippen LogP contribution in [0.4, 0.5) is 0 Å². The summed E-state index contributed by atoms with van der Waals surface area (Å²) in [5.41, 5.74) is 0.